The fourth-order valence-electron chi connectivity index (χ4n) is 10.5. The van der Waals surface area contributed by atoms with E-state index in [0.29, 0.717) is 54.9 Å². The van der Waals surface area contributed by atoms with Gasteiger partial charge in [-0.2, -0.15) is 0 Å². The number of hydrogen-bond donors (Lipinski definition) is 2. The Hall–Kier alpha value is -1.99. The quantitative estimate of drug-likeness (QED) is 0.417. The molecule has 2 heterocycles. The average molecular weight is 580 g/mol. The number of ether oxygens (including phenoxy) is 1. The van der Waals surface area contributed by atoms with Crippen LogP contribution in [0.25, 0.3) is 0 Å². The van der Waals surface area contributed by atoms with Gasteiger partial charge in [0.25, 0.3) is 0 Å². The van der Waals surface area contributed by atoms with Crippen molar-refractivity contribution >= 4 is 17.6 Å². The number of piperidine rings is 1. The lowest BCUT2D eigenvalue weighted by atomic mass is 9.56. The highest BCUT2D eigenvalue weighted by atomic mass is 16.5. The number of nitrogens with one attached hydrogen (secondary N) is 2. The van der Waals surface area contributed by atoms with Crippen molar-refractivity contribution < 1.29 is 19.1 Å². The first-order valence-corrected chi connectivity index (χ1v) is 17.0. The molecule has 2 saturated heterocycles. The van der Waals surface area contributed by atoms with Gasteiger partial charge >= 0.3 is 0 Å². The molecule has 1 spiro atoms. The molecule has 0 radical (unpaired) electrons. The predicted molar refractivity (Wildman–Crippen MR) is 164 cm³/mol. The molecule has 2 amide bonds. The molecule has 9 atom stereocenters. The van der Waals surface area contributed by atoms with E-state index in [2.05, 4.69) is 43.2 Å². The number of likely N-dealkylation sites (tertiary alicyclic amines) is 1. The number of carbonyl (C=O) groups excluding carboxylic acids is 3. The smallest absolute Gasteiger partial charge is 0.239 e. The van der Waals surface area contributed by atoms with E-state index in [4.69, 9.17) is 4.74 Å². The summed E-state index contributed by atoms with van der Waals surface area (Å²) < 4.78 is 7.25. The number of allylic oxidation sites excluding steroid dienone is 3. The van der Waals surface area contributed by atoms with Gasteiger partial charge in [-0.25, -0.2) is 0 Å². The van der Waals surface area contributed by atoms with Crippen LogP contribution in [0.4, 0.5) is 0 Å². The van der Waals surface area contributed by atoms with Gasteiger partial charge in [0.2, 0.25) is 11.8 Å². The molecule has 4 fully saturated rings. The molecular formula is C35H53N3O4. The van der Waals surface area contributed by atoms with Crippen molar-refractivity contribution in [3.8, 4) is 0 Å². The van der Waals surface area contributed by atoms with E-state index in [-0.39, 0.29) is 35.5 Å². The largest absolute Gasteiger partial charge is 0.365 e. The molecule has 7 heteroatoms. The summed E-state index contributed by atoms with van der Waals surface area (Å²) in [5.41, 5.74) is 4.65. The Morgan fingerprint density at radius 2 is 1.93 bits per heavy atom. The van der Waals surface area contributed by atoms with Gasteiger partial charge < -0.3 is 15.4 Å². The molecule has 0 unspecified atom stereocenters. The zero-order chi connectivity index (χ0) is 29.8. The van der Waals surface area contributed by atoms with Crippen molar-refractivity contribution in [3.63, 3.8) is 0 Å². The molecule has 0 aromatic carbocycles. The van der Waals surface area contributed by atoms with Crippen molar-refractivity contribution in [2.75, 3.05) is 26.2 Å². The number of rotatable bonds is 7. The highest BCUT2D eigenvalue weighted by Gasteiger charge is 2.61. The van der Waals surface area contributed by atoms with Gasteiger partial charge in [-0.15, -0.1) is 0 Å². The van der Waals surface area contributed by atoms with Crippen molar-refractivity contribution in [3.05, 3.63) is 22.8 Å². The molecule has 42 heavy (non-hydrogen) atoms. The van der Waals surface area contributed by atoms with Gasteiger partial charge in [-0.3, -0.25) is 19.3 Å². The lowest BCUT2D eigenvalue weighted by Gasteiger charge is -2.48. The van der Waals surface area contributed by atoms with Crippen molar-refractivity contribution in [1.82, 2.24) is 15.5 Å². The summed E-state index contributed by atoms with van der Waals surface area (Å²) in [5.74, 6) is 3.17. The lowest BCUT2D eigenvalue weighted by Crippen LogP contribution is -2.54. The summed E-state index contributed by atoms with van der Waals surface area (Å²) in [6.45, 7) is 14.0. The highest BCUT2D eigenvalue weighted by molar-refractivity contribution is 5.91. The zero-order valence-electron chi connectivity index (χ0n) is 26.6. The number of hydrogen-bond acceptors (Lipinski definition) is 5. The number of fused-ring (bicyclic) bond motifs is 6. The van der Waals surface area contributed by atoms with Gasteiger partial charge in [-0.05, 0) is 99.0 Å². The van der Waals surface area contributed by atoms with Crippen molar-refractivity contribution in [2.24, 2.45) is 35.0 Å². The first-order valence-electron chi connectivity index (χ1n) is 17.0. The van der Waals surface area contributed by atoms with Gasteiger partial charge in [0, 0.05) is 44.4 Å². The van der Waals surface area contributed by atoms with E-state index in [1.807, 2.05) is 13.0 Å². The van der Waals surface area contributed by atoms with Crippen LogP contribution in [0.5, 0.6) is 0 Å². The summed E-state index contributed by atoms with van der Waals surface area (Å²) in [6.07, 6.45) is 12.1. The maximum Gasteiger partial charge on any atom is 0.239 e. The van der Waals surface area contributed by atoms with Crippen LogP contribution >= 0.6 is 0 Å². The van der Waals surface area contributed by atoms with Gasteiger partial charge in [0.1, 0.15) is 0 Å². The Kier molecular flexibility index (Phi) is 8.23. The SMILES string of the molecule is CCCC(=O)NCC(=O)NCCN1C[C@@H](C)C[C@H]2O[C@]3(CC[C@@H]4C(=C3C)C[C@H]3[C@H]4CCC4=CC(=O)CC[C@@]43C)[C@H](C)[C@@H]21. The van der Waals surface area contributed by atoms with Crippen LogP contribution in [0.2, 0.25) is 0 Å². The lowest BCUT2D eigenvalue weighted by molar-refractivity contribution is -0.126. The molecule has 6 aliphatic rings. The highest BCUT2D eigenvalue weighted by Crippen LogP contribution is 2.65. The van der Waals surface area contributed by atoms with Crippen LogP contribution in [0.1, 0.15) is 98.8 Å². The van der Waals surface area contributed by atoms with E-state index < -0.39 is 0 Å². The zero-order valence-corrected chi connectivity index (χ0v) is 26.6. The van der Waals surface area contributed by atoms with Gasteiger partial charge in [0.15, 0.2) is 5.78 Å². The van der Waals surface area contributed by atoms with Gasteiger partial charge in [0.05, 0.1) is 18.2 Å². The molecular weight excluding hydrogens is 526 g/mol. The molecule has 6 rings (SSSR count). The normalized spacial score (nSPS) is 41.1. The molecule has 4 aliphatic carbocycles. The number of amides is 2. The monoisotopic (exact) mass is 579 g/mol. The molecule has 2 aliphatic heterocycles. The van der Waals surface area contributed by atoms with Crippen LogP contribution in [-0.4, -0.2) is 66.4 Å². The van der Waals surface area contributed by atoms with E-state index >= 15 is 0 Å². The van der Waals surface area contributed by atoms with E-state index in [1.54, 1.807) is 5.57 Å². The fourth-order valence-corrected chi connectivity index (χ4v) is 10.5. The van der Waals surface area contributed by atoms with Crippen molar-refractivity contribution in [2.45, 2.75) is 117 Å². The van der Waals surface area contributed by atoms with E-state index in [0.717, 1.165) is 51.1 Å². The summed E-state index contributed by atoms with van der Waals surface area (Å²) >= 11 is 0. The Morgan fingerprint density at radius 1 is 1.12 bits per heavy atom. The molecule has 7 nitrogen and oxygen atoms in total. The summed E-state index contributed by atoms with van der Waals surface area (Å²) in [5, 5.41) is 5.75. The number of ketones is 1. The minimum atomic E-state index is -0.189. The third-order valence-corrected chi connectivity index (χ3v) is 12.6. The fraction of sp³-hybridized carbons (Fsp3) is 0.800. The van der Waals surface area contributed by atoms with Crippen LogP contribution in [0.15, 0.2) is 22.8 Å². The minimum Gasteiger partial charge on any atom is -0.365 e. The Bertz CT molecular complexity index is 1180. The topological polar surface area (TPSA) is 87.7 Å². The third-order valence-electron chi connectivity index (χ3n) is 12.6. The third kappa shape index (κ3) is 5.00. The Morgan fingerprint density at radius 3 is 2.71 bits per heavy atom. The first kappa shape index (κ1) is 30.1. The van der Waals surface area contributed by atoms with Crippen LogP contribution in [0, 0.1) is 35.0 Å². The Balaban J connectivity index is 1.16. The Labute approximate surface area is 252 Å². The second-order valence-corrected chi connectivity index (χ2v) is 14.9. The molecule has 0 bridgehead atoms. The summed E-state index contributed by atoms with van der Waals surface area (Å²) in [7, 11) is 0. The standard InChI is InChI=1S/C35H53N3O4/c1-6-7-31(40)37-19-32(41)36-14-15-38-20-21(2)16-30-33(38)23(4)35(42-30)13-11-26-27-9-8-24-17-25(39)10-12-34(24,5)29(27)18-28(26)22(35)3/h17,21,23,26-27,29-30,33H,6-16,18-20H2,1-5H3,(H,36,41)(H,37,40)/t21-,23+,26-,27-,29-,30+,33-,34-,35-/m0/s1. The molecule has 0 aromatic rings. The maximum atomic E-state index is 12.4. The van der Waals surface area contributed by atoms with Crippen LogP contribution in [0.3, 0.4) is 0 Å². The van der Waals surface area contributed by atoms with Crippen molar-refractivity contribution in [1.29, 1.82) is 0 Å². The molecule has 232 valence electrons. The van der Waals surface area contributed by atoms with E-state index in [1.165, 1.54) is 30.4 Å². The first-order chi connectivity index (χ1) is 20.1. The average Bonchev–Trinajstić information content (AvgIpc) is 3.47. The predicted octanol–water partition coefficient (Wildman–Crippen LogP) is 4.96. The van der Waals surface area contributed by atoms with Crippen LogP contribution in [-0.2, 0) is 19.1 Å². The number of nitrogens with zero attached hydrogens (tertiary/aromatic N) is 1. The summed E-state index contributed by atoms with van der Waals surface area (Å²) in [4.78, 5) is 39.0. The number of carbonyl (C=O) groups is 3. The second-order valence-electron chi connectivity index (χ2n) is 14.9. The second kappa shape index (κ2) is 11.5. The molecule has 2 saturated carbocycles. The van der Waals surface area contributed by atoms with Crippen LogP contribution < -0.4 is 10.6 Å². The molecule has 2 N–H and O–H groups in total. The minimum absolute atomic E-state index is 0.0481. The summed E-state index contributed by atoms with van der Waals surface area (Å²) in [6, 6.07) is 0.356. The van der Waals surface area contributed by atoms with E-state index in [9.17, 15) is 14.4 Å². The molecule has 0 aromatic heterocycles. The maximum absolute atomic E-state index is 12.4. The van der Waals surface area contributed by atoms with Gasteiger partial charge in [-0.1, -0.05) is 38.8 Å².